The lowest BCUT2D eigenvalue weighted by Gasteiger charge is -2.49. The van der Waals surface area contributed by atoms with Crippen LogP contribution in [0.15, 0.2) is 0 Å². The molecular weight excluding hydrogens is 278 g/mol. The molecule has 3 heteroatoms. The van der Waals surface area contributed by atoms with E-state index in [2.05, 4.69) is 31.1 Å². The number of rotatable bonds is 4. The molecule has 0 amide bonds. The van der Waals surface area contributed by atoms with Crippen molar-refractivity contribution in [2.45, 2.75) is 76.4 Å². The average Bonchev–Trinajstić information content (AvgIpc) is 2.99. The van der Waals surface area contributed by atoms with E-state index in [0.29, 0.717) is 11.5 Å². The lowest BCUT2D eigenvalue weighted by Crippen LogP contribution is -2.53. The molecule has 1 aliphatic carbocycles. The van der Waals surface area contributed by atoms with E-state index in [1.54, 1.807) is 0 Å². The van der Waals surface area contributed by atoms with Crippen LogP contribution in [-0.4, -0.2) is 36.8 Å². The van der Waals surface area contributed by atoms with Crippen molar-refractivity contribution in [2.75, 3.05) is 25.2 Å². The van der Waals surface area contributed by atoms with Gasteiger partial charge < -0.3 is 10.1 Å². The summed E-state index contributed by atoms with van der Waals surface area (Å²) in [5.41, 5.74) is 0.804. The summed E-state index contributed by atoms with van der Waals surface area (Å²) in [5, 5.41) is 3.77. The van der Waals surface area contributed by atoms with Gasteiger partial charge in [0.2, 0.25) is 0 Å². The van der Waals surface area contributed by atoms with Crippen LogP contribution in [0, 0.1) is 11.3 Å². The van der Waals surface area contributed by atoms with Crippen LogP contribution in [0.2, 0.25) is 0 Å². The summed E-state index contributed by atoms with van der Waals surface area (Å²) < 4.78 is 6.32. The van der Waals surface area contributed by atoms with Gasteiger partial charge in [-0.3, -0.25) is 0 Å². The molecule has 3 rings (SSSR count). The van der Waals surface area contributed by atoms with Crippen LogP contribution >= 0.6 is 11.8 Å². The quantitative estimate of drug-likeness (QED) is 0.839. The largest absolute Gasteiger partial charge is 0.375 e. The zero-order chi connectivity index (χ0) is 14.8. The molecule has 3 fully saturated rings. The molecule has 2 unspecified atom stereocenters. The van der Waals surface area contributed by atoms with Gasteiger partial charge in [-0.05, 0) is 74.8 Å². The fraction of sp³-hybridized carbons (Fsp3) is 1.00. The normalized spacial score (nSPS) is 33.1. The molecule has 2 nitrogen and oxygen atoms in total. The highest BCUT2D eigenvalue weighted by molar-refractivity contribution is 7.99. The average molecular weight is 312 g/mol. The summed E-state index contributed by atoms with van der Waals surface area (Å²) in [4.78, 5) is 0. The van der Waals surface area contributed by atoms with Gasteiger partial charge in [0, 0.05) is 12.6 Å². The van der Waals surface area contributed by atoms with Crippen molar-refractivity contribution in [1.82, 2.24) is 5.32 Å². The highest BCUT2D eigenvalue weighted by Crippen LogP contribution is 2.50. The highest BCUT2D eigenvalue weighted by atomic mass is 32.2. The summed E-state index contributed by atoms with van der Waals surface area (Å²) in [6.45, 7) is 3.41. The number of ether oxygens (including phenoxy) is 1. The van der Waals surface area contributed by atoms with Gasteiger partial charge in [0.1, 0.15) is 0 Å². The van der Waals surface area contributed by atoms with Crippen molar-refractivity contribution in [2.24, 2.45) is 11.3 Å². The minimum absolute atomic E-state index is 0.233. The Bertz CT molecular complexity index is 329. The summed E-state index contributed by atoms with van der Waals surface area (Å²) in [6.07, 6.45) is 12.2. The van der Waals surface area contributed by atoms with Crippen molar-refractivity contribution in [1.29, 1.82) is 0 Å². The molecule has 0 bridgehead atoms. The summed E-state index contributed by atoms with van der Waals surface area (Å²) in [7, 11) is 2.21. The second-order valence-corrected chi connectivity index (χ2v) is 8.81. The lowest BCUT2D eigenvalue weighted by molar-refractivity contribution is -0.114. The van der Waals surface area contributed by atoms with Crippen LogP contribution in [-0.2, 0) is 4.74 Å². The maximum absolute atomic E-state index is 6.32. The van der Waals surface area contributed by atoms with E-state index < -0.39 is 0 Å². The lowest BCUT2D eigenvalue weighted by atomic mass is 9.66. The smallest absolute Gasteiger partial charge is 0.0701 e. The number of hydrogen-bond acceptors (Lipinski definition) is 3. The molecule has 21 heavy (non-hydrogen) atoms. The Hall–Kier alpha value is 0.270. The van der Waals surface area contributed by atoms with Crippen LogP contribution in [0.3, 0.4) is 0 Å². The van der Waals surface area contributed by atoms with E-state index in [0.717, 1.165) is 12.5 Å². The van der Waals surface area contributed by atoms with E-state index in [9.17, 15) is 0 Å². The molecule has 0 radical (unpaired) electrons. The molecule has 3 aliphatic rings. The first kappa shape index (κ1) is 16.1. The van der Waals surface area contributed by atoms with E-state index in [1.807, 2.05) is 0 Å². The highest BCUT2D eigenvalue weighted by Gasteiger charge is 2.47. The van der Waals surface area contributed by atoms with Crippen LogP contribution in [0.25, 0.3) is 0 Å². The fourth-order valence-electron chi connectivity index (χ4n) is 5.45. The zero-order valence-electron chi connectivity index (χ0n) is 14.0. The van der Waals surface area contributed by atoms with E-state index >= 15 is 0 Å². The van der Waals surface area contributed by atoms with Gasteiger partial charge in [0.15, 0.2) is 0 Å². The zero-order valence-corrected chi connectivity index (χ0v) is 14.8. The van der Waals surface area contributed by atoms with Gasteiger partial charge >= 0.3 is 0 Å². The summed E-state index contributed by atoms with van der Waals surface area (Å²) in [5.74, 6) is 3.43. The molecule has 1 N–H and O–H groups in total. The Labute approximate surface area is 135 Å². The maximum Gasteiger partial charge on any atom is 0.0701 e. The molecule has 0 aromatic heterocycles. The summed E-state index contributed by atoms with van der Waals surface area (Å²) in [6, 6.07) is 0.709. The van der Waals surface area contributed by atoms with Crippen LogP contribution in [0.1, 0.15) is 64.7 Å². The van der Waals surface area contributed by atoms with Crippen molar-refractivity contribution < 1.29 is 4.74 Å². The van der Waals surface area contributed by atoms with E-state index in [1.165, 1.54) is 69.3 Å². The van der Waals surface area contributed by atoms with Gasteiger partial charge in [-0.25, -0.2) is 0 Å². The standard InChI is InChI=1S/C18H33NOS/c1-3-17(7-4-5-8-17)16(19-2)15-6-11-20-18(14-15)9-12-21-13-10-18/h15-16,19H,3-14H2,1-2H3. The van der Waals surface area contributed by atoms with E-state index in [4.69, 9.17) is 4.74 Å². The predicted molar refractivity (Wildman–Crippen MR) is 92.0 cm³/mol. The molecular formula is C18H33NOS. The first-order valence-corrected chi connectivity index (χ1v) is 10.3. The molecule has 122 valence electrons. The molecule has 0 aromatic carbocycles. The Kier molecular flexibility index (Phi) is 5.23. The third-order valence-electron chi connectivity index (χ3n) is 6.68. The van der Waals surface area contributed by atoms with Crippen molar-refractivity contribution in [3.05, 3.63) is 0 Å². The molecule has 2 saturated heterocycles. The van der Waals surface area contributed by atoms with Gasteiger partial charge in [0.05, 0.1) is 5.60 Å². The Morgan fingerprint density at radius 2 is 1.90 bits per heavy atom. The molecule has 0 aromatic rings. The van der Waals surface area contributed by atoms with Crippen LogP contribution < -0.4 is 5.32 Å². The first-order chi connectivity index (χ1) is 10.2. The first-order valence-electron chi connectivity index (χ1n) is 9.13. The molecule has 2 aliphatic heterocycles. The van der Waals surface area contributed by atoms with Gasteiger partial charge in [-0.1, -0.05) is 19.8 Å². The maximum atomic E-state index is 6.32. The third-order valence-corrected chi connectivity index (χ3v) is 7.67. The fourth-order valence-corrected chi connectivity index (χ4v) is 6.68. The number of nitrogens with one attached hydrogen (secondary N) is 1. The van der Waals surface area contributed by atoms with Crippen molar-refractivity contribution in [3.63, 3.8) is 0 Å². The third kappa shape index (κ3) is 3.16. The topological polar surface area (TPSA) is 21.3 Å². The van der Waals surface area contributed by atoms with Crippen molar-refractivity contribution >= 4 is 11.8 Å². The second kappa shape index (κ2) is 6.80. The van der Waals surface area contributed by atoms with E-state index in [-0.39, 0.29) is 5.60 Å². The molecule has 2 heterocycles. The predicted octanol–water partition coefficient (Wildman–Crippen LogP) is 4.24. The Balaban J connectivity index is 1.74. The van der Waals surface area contributed by atoms with Crippen LogP contribution in [0.4, 0.5) is 0 Å². The van der Waals surface area contributed by atoms with Gasteiger partial charge in [-0.2, -0.15) is 11.8 Å². The molecule has 1 saturated carbocycles. The Morgan fingerprint density at radius 3 is 2.52 bits per heavy atom. The molecule has 1 spiro atoms. The van der Waals surface area contributed by atoms with Gasteiger partial charge in [-0.15, -0.1) is 0 Å². The summed E-state index contributed by atoms with van der Waals surface area (Å²) >= 11 is 2.11. The second-order valence-electron chi connectivity index (χ2n) is 7.59. The van der Waals surface area contributed by atoms with Gasteiger partial charge in [0.25, 0.3) is 0 Å². The number of thioether (sulfide) groups is 1. The van der Waals surface area contributed by atoms with Crippen LogP contribution in [0.5, 0.6) is 0 Å². The SMILES string of the molecule is CCC1(C(NC)C2CCOC3(CCSCC3)C2)CCCC1. The monoisotopic (exact) mass is 311 g/mol. The minimum atomic E-state index is 0.233. The minimum Gasteiger partial charge on any atom is -0.375 e. The Morgan fingerprint density at radius 1 is 1.19 bits per heavy atom. The number of hydrogen-bond donors (Lipinski definition) is 1. The molecule has 2 atom stereocenters. The van der Waals surface area contributed by atoms with Crippen molar-refractivity contribution in [3.8, 4) is 0 Å².